The summed E-state index contributed by atoms with van der Waals surface area (Å²) in [5.74, 6) is -1.87. The first-order chi connectivity index (χ1) is 19.4. The summed E-state index contributed by atoms with van der Waals surface area (Å²) >= 11 is 0. The minimum atomic E-state index is -1.17. The molecule has 0 saturated heterocycles. The molecule has 3 aromatic carbocycles. The largest absolute Gasteiger partial charge is 0.480 e. The third-order valence-electron chi connectivity index (χ3n) is 7.03. The Bertz CT molecular complexity index is 1580. The first-order valence-corrected chi connectivity index (χ1v) is 13.1. The Balaban J connectivity index is 1.09. The molecule has 1 atom stereocenters. The molecule has 40 heavy (non-hydrogen) atoms. The molecule has 4 aromatic rings. The Labute approximate surface area is 229 Å². The highest BCUT2D eigenvalue weighted by molar-refractivity contribution is 5.96. The van der Waals surface area contributed by atoms with Crippen molar-refractivity contribution in [2.45, 2.75) is 31.2 Å². The van der Waals surface area contributed by atoms with Gasteiger partial charge in [0, 0.05) is 17.8 Å². The van der Waals surface area contributed by atoms with Crippen LogP contribution in [0.4, 0.5) is 4.79 Å². The van der Waals surface area contributed by atoms with Gasteiger partial charge in [0.15, 0.2) is 0 Å². The molecule has 204 valence electrons. The molecule has 3 N–H and O–H groups in total. The number of carbonyl (C=O) groups is 3. The quantitative estimate of drug-likeness (QED) is 0.196. The molecule has 0 spiro atoms. The van der Waals surface area contributed by atoms with E-state index in [9.17, 15) is 24.3 Å². The van der Waals surface area contributed by atoms with Crippen LogP contribution in [0.1, 0.15) is 46.7 Å². The van der Waals surface area contributed by atoms with Crippen LogP contribution in [0, 0.1) is 0 Å². The Morgan fingerprint density at radius 2 is 1.55 bits per heavy atom. The molecule has 0 radical (unpaired) electrons. The third kappa shape index (κ3) is 5.73. The lowest BCUT2D eigenvalue weighted by Crippen LogP contribution is -2.41. The van der Waals surface area contributed by atoms with Crippen LogP contribution in [0.2, 0.25) is 0 Å². The highest BCUT2D eigenvalue weighted by atomic mass is 16.5. The van der Waals surface area contributed by atoms with Gasteiger partial charge in [-0.25, -0.2) is 14.4 Å². The topological polar surface area (TPSA) is 135 Å². The van der Waals surface area contributed by atoms with Crippen molar-refractivity contribution in [1.82, 2.24) is 10.6 Å². The zero-order valence-electron chi connectivity index (χ0n) is 21.6. The molecule has 9 heteroatoms. The van der Waals surface area contributed by atoms with E-state index in [4.69, 9.17) is 9.15 Å². The van der Waals surface area contributed by atoms with Crippen LogP contribution in [-0.2, 0) is 9.53 Å². The van der Waals surface area contributed by atoms with Crippen molar-refractivity contribution < 1.29 is 28.6 Å². The minimum absolute atomic E-state index is 0.0843. The SMILES string of the molecule is O=C(N[C@@H](CCCCNC(=O)c1cc2ccccc2oc1=O)C(=O)O)OCC1c2ccccc2-c2ccccc21. The molecule has 1 aliphatic rings. The van der Waals surface area contributed by atoms with E-state index < -0.39 is 29.6 Å². The number of benzene rings is 3. The van der Waals surface area contributed by atoms with Gasteiger partial charge in [-0.2, -0.15) is 0 Å². The van der Waals surface area contributed by atoms with E-state index >= 15 is 0 Å². The van der Waals surface area contributed by atoms with Gasteiger partial charge >= 0.3 is 17.7 Å². The molecule has 0 saturated carbocycles. The lowest BCUT2D eigenvalue weighted by atomic mass is 9.98. The maximum absolute atomic E-state index is 12.5. The van der Waals surface area contributed by atoms with Gasteiger partial charge in [0.05, 0.1) is 0 Å². The molecular formula is C31H28N2O7. The van der Waals surface area contributed by atoms with Crippen LogP contribution in [-0.4, -0.2) is 42.3 Å². The van der Waals surface area contributed by atoms with E-state index in [1.807, 2.05) is 48.5 Å². The van der Waals surface area contributed by atoms with Crippen molar-refractivity contribution in [1.29, 1.82) is 0 Å². The predicted octanol–water partition coefficient (Wildman–Crippen LogP) is 4.69. The molecule has 0 aliphatic heterocycles. The number of nitrogens with one attached hydrogen (secondary N) is 2. The summed E-state index contributed by atoms with van der Waals surface area (Å²) in [7, 11) is 0. The van der Waals surface area contributed by atoms with E-state index in [0.29, 0.717) is 23.8 Å². The van der Waals surface area contributed by atoms with Crippen molar-refractivity contribution in [3.8, 4) is 11.1 Å². The van der Waals surface area contributed by atoms with Crippen LogP contribution < -0.4 is 16.3 Å². The predicted molar refractivity (Wildman–Crippen MR) is 148 cm³/mol. The number of rotatable bonds is 10. The van der Waals surface area contributed by atoms with Crippen LogP contribution in [0.15, 0.2) is 88.1 Å². The van der Waals surface area contributed by atoms with Crippen molar-refractivity contribution >= 4 is 28.9 Å². The monoisotopic (exact) mass is 540 g/mol. The molecule has 2 amide bonds. The fourth-order valence-electron chi connectivity index (χ4n) is 5.03. The van der Waals surface area contributed by atoms with E-state index in [1.54, 1.807) is 24.3 Å². The van der Waals surface area contributed by atoms with Crippen LogP contribution in [0.3, 0.4) is 0 Å². The first-order valence-electron chi connectivity index (χ1n) is 13.1. The van der Waals surface area contributed by atoms with Crippen molar-refractivity contribution in [3.05, 3.63) is 106 Å². The average molecular weight is 541 g/mol. The van der Waals surface area contributed by atoms with Crippen LogP contribution in [0.5, 0.6) is 0 Å². The molecule has 1 aromatic heterocycles. The first kappa shape index (κ1) is 26.7. The number of carboxylic acid groups (broad SMARTS) is 1. The summed E-state index contributed by atoms with van der Waals surface area (Å²) in [6.07, 6.45) is 0.201. The fraction of sp³-hybridized carbons (Fsp3) is 0.226. The van der Waals surface area contributed by atoms with E-state index in [2.05, 4.69) is 10.6 Å². The van der Waals surface area contributed by atoms with Gasteiger partial charge < -0.3 is 24.9 Å². The Morgan fingerprint density at radius 3 is 2.25 bits per heavy atom. The number of alkyl carbamates (subject to hydrolysis) is 1. The van der Waals surface area contributed by atoms with Gasteiger partial charge in [-0.3, -0.25) is 4.79 Å². The molecule has 0 bridgehead atoms. The second-order valence-corrected chi connectivity index (χ2v) is 9.60. The lowest BCUT2D eigenvalue weighted by Gasteiger charge is -2.17. The Kier molecular flexibility index (Phi) is 7.91. The zero-order valence-corrected chi connectivity index (χ0v) is 21.6. The molecule has 1 heterocycles. The number of hydrogen-bond acceptors (Lipinski definition) is 6. The second-order valence-electron chi connectivity index (χ2n) is 9.60. The third-order valence-corrected chi connectivity index (χ3v) is 7.03. The highest BCUT2D eigenvalue weighted by Gasteiger charge is 2.29. The van der Waals surface area contributed by atoms with E-state index in [-0.39, 0.29) is 31.1 Å². The number of fused-ring (bicyclic) bond motifs is 4. The molecule has 5 rings (SSSR count). The fourth-order valence-corrected chi connectivity index (χ4v) is 5.03. The molecule has 1 aliphatic carbocycles. The number of aliphatic carboxylic acids is 1. The van der Waals surface area contributed by atoms with E-state index in [1.165, 1.54) is 6.07 Å². The van der Waals surface area contributed by atoms with Crippen LogP contribution in [0.25, 0.3) is 22.1 Å². The number of carbonyl (C=O) groups excluding carboxylic acids is 2. The number of carboxylic acids is 1. The van der Waals surface area contributed by atoms with Gasteiger partial charge in [-0.05, 0) is 53.6 Å². The summed E-state index contributed by atoms with van der Waals surface area (Å²) in [5.41, 5.74) is 3.90. The Hall–Kier alpha value is -4.92. The number of para-hydroxylation sites is 1. The number of ether oxygens (including phenoxy) is 1. The van der Waals surface area contributed by atoms with Crippen LogP contribution >= 0.6 is 0 Å². The summed E-state index contributed by atoms with van der Waals surface area (Å²) in [5, 5.41) is 15.3. The molecular weight excluding hydrogens is 512 g/mol. The van der Waals surface area contributed by atoms with Gasteiger partial charge in [0.25, 0.3) is 5.91 Å². The average Bonchev–Trinajstić information content (AvgIpc) is 3.28. The minimum Gasteiger partial charge on any atom is -0.480 e. The highest BCUT2D eigenvalue weighted by Crippen LogP contribution is 2.44. The normalized spacial score (nSPS) is 12.8. The number of hydrogen-bond donors (Lipinski definition) is 3. The zero-order chi connectivity index (χ0) is 28.1. The van der Waals surface area contributed by atoms with E-state index in [0.717, 1.165) is 22.3 Å². The van der Waals surface area contributed by atoms with Crippen molar-refractivity contribution in [3.63, 3.8) is 0 Å². The molecule has 0 fully saturated rings. The summed E-state index contributed by atoms with van der Waals surface area (Å²) in [6.45, 7) is 0.309. The number of unbranched alkanes of at least 4 members (excludes halogenated alkanes) is 1. The standard InChI is InChI=1S/C31H28N2O7/c34-28(24-17-19-9-1-6-15-27(19)40-30(24)37)32-16-8-7-14-26(29(35)36)33-31(38)39-18-25-22-12-4-2-10-20(22)21-11-3-5-13-23(21)25/h1-6,9-13,15,17,25-26H,7-8,14,16,18H2,(H,32,34)(H,33,38)(H,35,36)/t26-/m0/s1. The van der Waals surface area contributed by atoms with Crippen molar-refractivity contribution in [2.75, 3.05) is 13.2 Å². The molecule has 9 nitrogen and oxygen atoms in total. The summed E-state index contributed by atoms with van der Waals surface area (Å²) < 4.78 is 10.7. The van der Waals surface area contributed by atoms with Gasteiger partial charge in [0.2, 0.25) is 0 Å². The van der Waals surface area contributed by atoms with Gasteiger partial charge in [0.1, 0.15) is 23.8 Å². The maximum atomic E-state index is 12.5. The number of amides is 2. The lowest BCUT2D eigenvalue weighted by molar-refractivity contribution is -0.139. The smallest absolute Gasteiger partial charge is 0.407 e. The molecule has 0 unspecified atom stereocenters. The second kappa shape index (κ2) is 11.9. The van der Waals surface area contributed by atoms with Gasteiger partial charge in [-0.15, -0.1) is 0 Å². The summed E-state index contributed by atoms with van der Waals surface area (Å²) in [6, 6.07) is 23.1. The van der Waals surface area contributed by atoms with Crippen molar-refractivity contribution in [2.24, 2.45) is 0 Å². The Morgan fingerprint density at radius 1 is 0.900 bits per heavy atom. The van der Waals surface area contributed by atoms with Gasteiger partial charge in [-0.1, -0.05) is 66.7 Å². The maximum Gasteiger partial charge on any atom is 0.407 e. The summed E-state index contributed by atoms with van der Waals surface area (Å²) in [4.78, 5) is 48.8.